The van der Waals surface area contributed by atoms with Gasteiger partial charge in [0.1, 0.15) is 0 Å². The Kier molecular flexibility index (Phi) is 13.3. The Morgan fingerprint density at radius 1 is 1.00 bits per heavy atom. The van der Waals surface area contributed by atoms with Crippen LogP contribution in [0.1, 0.15) is 58.3 Å². The fourth-order valence-corrected chi connectivity index (χ4v) is 1.62. The normalized spacial score (nSPS) is 10.3. The smallest absolute Gasteiger partial charge is 0.00916 e. The van der Waals surface area contributed by atoms with Gasteiger partial charge < -0.3 is 0 Å². The largest absolute Gasteiger partial charge is 0.138 e. The van der Waals surface area contributed by atoms with Gasteiger partial charge in [0, 0.05) is 12.8 Å². The molecule has 0 aromatic heterocycles. The van der Waals surface area contributed by atoms with Crippen molar-refractivity contribution in [2.24, 2.45) is 0 Å². The SMILES string of the molecule is CCCCCCC#CCCC/C=C\SC. The zero-order chi connectivity index (χ0) is 11.2. The van der Waals surface area contributed by atoms with Crippen LogP contribution in [0.4, 0.5) is 0 Å². The second kappa shape index (κ2) is 13.7. The van der Waals surface area contributed by atoms with Gasteiger partial charge in [-0.05, 0) is 30.9 Å². The third-order valence-electron chi connectivity index (χ3n) is 2.19. The maximum absolute atomic E-state index is 3.26. The van der Waals surface area contributed by atoms with Gasteiger partial charge in [-0.25, -0.2) is 0 Å². The molecule has 0 unspecified atom stereocenters. The van der Waals surface area contributed by atoms with Gasteiger partial charge in [-0.1, -0.05) is 32.3 Å². The molecule has 0 N–H and O–H groups in total. The predicted octanol–water partition coefficient (Wildman–Crippen LogP) is 5.01. The van der Waals surface area contributed by atoms with E-state index in [1.54, 1.807) is 11.8 Å². The first-order valence-electron chi connectivity index (χ1n) is 6.05. The highest BCUT2D eigenvalue weighted by molar-refractivity contribution is 8.01. The molecule has 0 spiro atoms. The van der Waals surface area contributed by atoms with Gasteiger partial charge in [0.2, 0.25) is 0 Å². The molecule has 0 saturated heterocycles. The van der Waals surface area contributed by atoms with Crippen molar-refractivity contribution in [1.82, 2.24) is 0 Å². The average molecular weight is 224 g/mol. The maximum atomic E-state index is 3.26. The minimum Gasteiger partial charge on any atom is -0.138 e. The molecule has 0 amide bonds. The summed E-state index contributed by atoms with van der Waals surface area (Å²) < 4.78 is 0. The Morgan fingerprint density at radius 3 is 2.40 bits per heavy atom. The van der Waals surface area contributed by atoms with E-state index in [-0.39, 0.29) is 0 Å². The highest BCUT2D eigenvalue weighted by Gasteiger charge is 1.84. The molecule has 15 heavy (non-hydrogen) atoms. The van der Waals surface area contributed by atoms with Crippen molar-refractivity contribution in [2.45, 2.75) is 58.3 Å². The Labute approximate surface area is 99.9 Å². The van der Waals surface area contributed by atoms with Crippen LogP contribution in [0.3, 0.4) is 0 Å². The first-order valence-corrected chi connectivity index (χ1v) is 7.34. The lowest BCUT2D eigenvalue weighted by Gasteiger charge is -1.92. The zero-order valence-electron chi connectivity index (χ0n) is 10.2. The second-order valence-electron chi connectivity index (χ2n) is 3.66. The van der Waals surface area contributed by atoms with Crippen LogP contribution in [-0.2, 0) is 0 Å². The van der Waals surface area contributed by atoms with Gasteiger partial charge in [0.15, 0.2) is 0 Å². The molecule has 0 bridgehead atoms. The van der Waals surface area contributed by atoms with Crippen LogP contribution >= 0.6 is 11.8 Å². The van der Waals surface area contributed by atoms with E-state index in [1.807, 2.05) is 0 Å². The lowest BCUT2D eigenvalue weighted by molar-refractivity contribution is 0.679. The quantitative estimate of drug-likeness (QED) is 0.412. The van der Waals surface area contributed by atoms with Crippen molar-refractivity contribution in [3.8, 4) is 11.8 Å². The number of rotatable bonds is 8. The van der Waals surface area contributed by atoms with E-state index in [9.17, 15) is 0 Å². The molecule has 0 nitrogen and oxygen atoms in total. The Bertz CT molecular complexity index is 195. The molecule has 0 atom stereocenters. The summed E-state index contributed by atoms with van der Waals surface area (Å²) in [5.41, 5.74) is 0. The number of allylic oxidation sites excluding steroid dienone is 1. The molecule has 0 rings (SSSR count). The number of thioether (sulfide) groups is 1. The summed E-state index contributed by atoms with van der Waals surface area (Å²) in [7, 11) is 0. The Balaban J connectivity index is 3.13. The summed E-state index contributed by atoms with van der Waals surface area (Å²) in [5.74, 6) is 6.50. The fourth-order valence-electron chi connectivity index (χ4n) is 1.29. The third-order valence-corrected chi connectivity index (χ3v) is 2.65. The van der Waals surface area contributed by atoms with Crippen LogP contribution in [0, 0.1) is 11.8 Å². The van der Waals surface area contributed by atoms with Crippen molar-refractivity contribution in [2.75, 3.05) is 6.26 Å². The van der Waals surface area contributed by atoms with E-state index >= 15 is 0 Å². The molecule has 0 aromatic carbocycles. The minimum atomic E-state index is 1.06. The first kappa shape index (κ1) is 14.6. The van der Waals surface area contributed by atoms with Crippen LogP contribution in [0.5, 0.6) is 0 Å². The maximum Gasteiger partial charge on any atom is 0.00916 e. The van der Waals surface area contributed by atoms with E-state index in [1.165, 1.54) is 38.5 Å². The molecule has 0 aliphatic carbocycles. The van der Waals surface area contributed by atoms with Crippen molar-refractivity contribution < 1.29 is 0 Å². The van der Waals surface area contributed by atoms with Gasteiger partial charge in [0.05, 0.1) is 0 Å². The monoisotopic (exact) mass is 224 g/mol. The lowest BCUT2D eigenvalue weighted by atomic mass is 10.1. The molecule has 0 radical (unpaired) electrons. The molecule has 0 saturated carbocycles. The third kappa shape index (κ3) is 13.7. The molecular formula is C14H24S. The topological polar surface area (TPSA) is 0 Å². The molecule has 0 heterocycles. The van der Waals surface area contributed by atoms with E-state index in [0.29, 0.717) is 0 Å². The summed E-state index contributed by atoms with van der Waals surface area (Å²) in [6.45, 7) is 2.24. The fraction of sp³-hybridized carbons (Fsp3) is 0.714. The Hall–Kier alpha value is -0.350. The van der Waals surface area contributed by atoms with E-state index in [0.717, 1.165) is 12.8 Å². The molecular weight excluding hydrogens is 200 g/mol. The number of unbranched alkanes of at least 4 members (excludes halogenated alkanes) is 6. The summed E-state index contributed by atoms with van der Waals surface area (Å²) in [6, 6.07) is 0. The van der Waals surface area contributed by atoms with Crippen molar-refractivity contribution >= 4 is 11.8 Å². The van der Waals surface area contributed by atoms with Gasteiger partial charge in [0.25, 0.3) is 0 Å². The van der Waals surface area contributed by atoms with E-state index < -0.39 is 0 Å². The zero-order valence-corrected chi connectivity index (χ0v) is 11.0. The van der Waals surface area contributed by atoms with Crippen molar-refractivity contribution in [3.05, 3.63) is 11.5 Å². The van der Waals surface area contributed by atoms with Gasteiger partial charge in [-0.2, -0.15) is 0 Å². The highest BCUT2D eigenvalue weighted by Crippen LogP contribution is 2.02. The molecule has 0 aliphatic heterocycles. The van der Waals surface area contributed by atoms with E-state index in [2.05, 4.69) is 36.5 Å². The van der Waals surface area contributed by atoms with Crippen LogP contribution in [0.2, 0.25) is 0 Å². The van der Waals surface area contributed by atoms with Gasteiger partial charge in [-0.15, -0.1) is 23.6 Å². The van der Waals surface area contributed by atoms with Crippen molar-refractivity contribution in [3.63, 3.8) is 0 Å². The molecule has 1 heteroatoms. The summed E-state index contributed by atoms with van der Waals surface area (Å²) in [6.07, 6.45) is 14.2. The predicted molar refractivity (Wildman–Crippen MR) is 73.0 cm³/mol. The van der Waals surface area contributed by atoms with Crippen LogP contribution < -0.4 is 0 Å². The van der Waals surface area contributed by atoms with E-state index in [4.69, 9.17) is 0 Å². The minimum absolute atomic E-state index is 1.06. The molecule has 86 valence electrons. The Morgan fingerprint density at radius 2 is 1.73 bits per heavy atom. The van der Waals surface area contributed by atoms with Crippen LogP contribution in [0.15, 0.2) is 11.5 Å². The number of hydrogen-bond donors (Lipinski definition) is 0. The molecule has 0 aromatic rings. The second-order valence-corrected chi connectivity index (χ2v) is 4.41. The summed E-state index contributed by atoms with van der Waals surface area (Å²) >= 11 is 1.76. The van der Waals surface area contributed by atoms with Crippen LogP contribution in [-0.4, -0.2) is 6.26 Å². The number of hydrogen-bond acceptors (Lipinski definition) is 1. The summed E-state index contributed by atoms with van der Waals surface area (Å²) in [5, 5.41) is 2.15. The molecule has 0 aliphatic rings. The summed E-state index contributed by atoms with van der Waals surface area (Å²) in [4.78, 5) is 0. The van der Waals surface area contributed by atoms with Crippen molar-refractivity contribution in [1.29, 1.82) is 0 Å². The average Bonchev–Trinajstić information content (AvgIpc) is 2.26. The highest BCUT2D eigenvalue weighted by atomic mass is 32.2. The van der Waals surface area contributed by atoms with Gasteiger partial charge in [-0.3, -0.25) is 0 Å². The molecule has 0 fully saturated rings. The lowest BCUT2D eigenvalue weighted by Crippen LogP contribution is -1.74. The van der Waals surface area contributed by atoms with Crippen LogP contribution in [0.25, 0.3) is 0 Å². The standard InChI is InChI=1S/C14H24S/c1-3-4-5-6-7-8-9-10-11-12-13-14-15-2/h13-14H,3-7,10-12H2,1-2H3/b14-13-. The van der Waals surface area contributed by atoms with Gasteiger partial charge >= 0.3 is 0 Å². The first-order chi connectivity index (χ1) is 7.41.